The number of hydrogen-bond donors (Lipinski definition) is 2. The van der Waals surface area contributed by atoms with Crippen molar-refractivity contribution in [2.45, 2.75) is 76.9 Å². The fraction of sp³-hybridized carbons (Fsp3) is 0.615. The maximum atomic E-state index is 13.6. The van der Waals surface area contributed by atoms with E-state index in [1.165, 1.54) is 17.5 Å². The summed E-state index contributed by atoms with van der Waals surface area (Å²) >= 11 is 0. The Kier molecular flexibility index (Phi) is 5.96. The number of aliphatic hydroxyl groups excluding tert-OH is 1. The highest BCUT2D eigenvalue weighted by Gasteiger charge is 2.66. The Bertz CT molecular complexity index is 1130. The van der Waals surface area contributed by atoms with Gasteiger partial charge in [0.25, 0.3) is 5.91 Å². The molecule has 182 valence electrons. The number of ketones is 1. The molecular weight excluding hydrogens is 432 g/mol. The zero-order valence-electron chi connectivity index (χ0n) is 19.8. The molecule has 1 aliphatic heterocycles. The van der Waals surface area contributed by atoms with Crippen molar-refractivity contribution >= 4 is 28.5 Å². The molecule has 3 N–H and O–H groups in total. The smallest absolute Gasteiger partial charge is 0.269 e. The van der Waals surface area contributed by atoms with E-state index in [1.807, 2.05) is 6.07 Å². The largest absolute Gasteiger partial charge is 0.396 e. The Morgan fingerprint density at radius 2 is 1.94 bits per heavy atom. The Morgan fingerprint density at radius 3 is 2.68 bits per heavy atom. The lowest BCUT2D eigenvalue weighted by molar-refractivity contribution is -0.140. The van der Waals surface area contributed by atoms with Crippen LogP contribution < -0.4 is 5.73 Å². The van der Waals surface area contributed by atoms with Crippen molar-refractivity contribution in [2.75, 3.05) is 6.61 Å². The van der Waals surface area contributed by atoms with Crippen molar-refractivity contribution in [1.29, 1.82) is 0 Å². The second kappa shape index (κ2) is 8.80. The van der Waals surface area contributed by atoms with Crippen LogP contribution in [0.4, 0.5) is 0 Å². The number of rotatable bonds is 8. The van der Waals surface area contributed by atoms with Crippen LogP contribution in [-0.4, -0.2) is 56.1 Å². The van der Waals surface area contributed by atoms with Crippen molar-refractivity contribution in [1.82, 2.24) is 14.7 Å². The summed E-state index contributed by atoms with van der Waals surface area (Å²) in [4.78, 5) is 40.6. The molecule has 0 bridgehead atoms. The first kappa shape index (κ1) is 23.0. The number of aliphatic hydroxyl groups is 1. The topological polar surface area (TPSA) is 119 Å². The minimum absolute atomic E-state index is 0.0108. The maximum absolute atomic E-state index is 13.6. The van der Waals surface area contributed by atoms with Gasteiger partial charge in [0.15, 0.2) is 11.5 Å². The highest BCUT2D eigenvalue weighted by molar-refractivity contribution is 6.04. The van der Waals surface area contributed by atoms with Crippen molar-refractivity contribution in [3.05, 3.63) is 30.0 Å². The number of carbonyl (C=O) groups is 3. The summed E-state index contributed by atoms with van der Waals surface area (Å²) in [5.41, 5.74) is 5.94. The van der Waals surface area contributed by atoms with Gasteiger partial charge in [0.05, 0.1) is 18.2 Å². The van der Waals surface area contributed by atoms with E-state index in [0.29, 0.717) is 35.6 Å². The van der Waals surface area contributed by atoms with Crippen LogP contribution in [0.2, 0.25) is 0 Å². The molecule has 2 unspecified atom stereocenters. The zero-order valence-corrected chi connectivity index (χ0v) is 19.8. The molecule has 1 saturated heterocycles. The van der Waals surface area contributed by atoms with Gasteiger partial charge in [-0.25, -0.2) is 0 Å². The van der Waals surface area contributed by atoms with E-state index in [0.717, 1.165) is 25.7 Å². The second-order valence-electron chi connectivity index (χ2n) is 10.6. The maximum Gasteiger partial charge on any atom is 0.269 e. The Morgan fingerprint density at radius 1 is 1.18 bits per heavy atom. The number of likely N-dealkylation sites (tertiary alicyclic amines) is 1. The molecule has 2 saturated carbocycles. The normalized spacial score (nSPS) is 30.4. The number of para-hydroxylation sites is 1. The van der Waals surface area contributed by atoms with E-state index in [1.54, 1.807) is 23.1 Å². The number of piperidine rings is 1. The number of nitrogens with zero attached hydrogens (tertiary/aromatic N) is 3. The van der Waals surface area contributed by atoms with Gasteiger partial charge in [0.1, 0.15) is 6.54 Å². The lowest BCUT2D eigenvalue weighted by Gasteiger charge is -2.31. The number of aromatic nitrogens is 2. The number of fused-ring (bicyclic) bond motifs is 2. The molecule has 8 heteroatoms. The summed E-state index contributed by atoms with van der Waals surface area (Å²) in [6, 6.07) is 6.59. The molecule has 5 atom stereocenters. The van der Waals surface area contributed by atoms with Crippen LogP contribution >= 0.6 is 0 Å². The van der Waals surface area contributed by atoms with Crippen molar-refractivity contribution in [3.8, 4) is 0 Å². The molecule has 2 amide bonds. The Balaban J connectivity index is 1.36. The number of benzene rings is 1. The number of nitrogens with two attached hydrogens (primary N) is 1. The third kappa shape index (κ3) is 3.91. The quantitative estimate of drug-likeness (QED) is 0.620. The molecular formula is C26H34N4O4. The van der Waals surface area contributed by atoms with E-state index in [2.05, 4.69) is 12.0 Å². The van der Waals surface area contributed by atoms with Gasteiger partial charge < -0.3 is 15.7 Å². The molecule has 2 aliphatic carbocycles. The van der Waals surface area contributed by atoms with E-state index >= 15 is 0 Å². The Labute approximate surface area is 199 Å². The minimum atomic E-state index is -0.643. The van der Waals surface area contributed by atoms with Crippen LogP contribution in [0.25, 0.3) is 10.9 Å². The van der Waals surface area contributed by atoms with Gasteiger partial charge in [0.2, 0.25) is 5.91 Å². The van der Waals surface area contributed by atoms with Gasteiger partial charge in [-0.3, -0.25) is 19.1 Å². The molecule has 1 aromatic carbocycles. The third-order valence-corrected chi connectivity index (χ3v) is 8.53. The Hall–Kier alpha value is -2.74. The molecule has 0 radical (unpaired) electrons. The van der Waals surface area contributed by atoms with E-state index in [9.17, 15) is 19.5 Å². The fourth-order valence-corrected chi connectivity index (χ4v) is 6.51. The first-order chi connectivity index (χ1) is 16.4. The number of amides is 2. The van der Waals surface area contributed by atoms with Crippen molar-refractivity contribution in [2.24, 2.45) is 23.0 Å². The van der Waals surface area contributed by atoms with Gasteiger partial charge in [-0.1, -0.05) is 50.8 Å². The van der Waals surface area contributed by atoms with E-state index < -0.39 is 11.9 Å². The number of hydrogen-bond acceptors (Lipinski definition) is 5. The standard InChI is InChI=1S/C26H34N4O4/c1-2-16-6-5-7-17(10-16)11-21(32)20-12-26(15-31)13-22(26)30(20)23(33)14-29-19-9-4-3-8-18(19)24(28-29)25(27)34/h3-4,8-9,16-17,20,22,31H,2,5-7,10-15H2,1H3,(H2,27,34)/t16?,17?,20-,22+,26-/m0/s1. The SMILES string of the molecule is CCC1CCCC(CC(=O)[C@@H]2C[C@@]3(CO)C[C@H]3N2C(=O)Cn2nc(C(N)=O)c3ccccc32)C1. The van der Waals surface area contributed by atoms with Crippen LogP contribution in [-0.2, 0) is 16.1 Å². The van der Waals surface area contributed by atoms with Crippen LogP contribution in [0.3, 0.4) is 0 Å². The lowest BCUT2D eigenvalue weighted by atomic mass is 9.77. The first-order valence-corrected chi connectivity index (χ1v) is 12.6. The average Bonchev–Trinajstić information content (AvgIpc) is 3.26. The van der Waals surface area contributed by atoms with Gasteiger partial charge in [-0.05, 0) is 37.2 Å². The summed E-state index contributed by atoms with van der Waals surface area (Å²) in [6.07, 6.45) is 7.51. The zero-order chi connectivity index (χ0) is 24.0. The summed E-state index contributed by atoms with van der Waals surface area (Å²) in [6.45, 7) is 2.13. The van der Waals surface area contributed by atoms with E-state index in [4.69, 9.17) is 5.73 Å². The predicted molar refractivity (Wildman–Crippen MR) is 127 cm³/mol. The number of primary amides is 1. The fourth-order valence-electron chi connectivity index (χ4n) is 6.51. The number of carbonyl (C=O) groups excluding carboxylic acids is 3. The highest BCUT2D eigenvalue weighted by atomic mass is 16.3. The van der Waals surface area contributed by atoms with Crippen LogP contribution in [0.5, 0.6) is 0 Å². The van der Waals surface area contributed by atoms with Crippen LogP contribution in [0.15, 0.2) is 24.3 Å². The second-order valence-corrected chi connectivity index (χ2v) is 10.6. The summed E-state index contributed by atoms with van der Waals surface area (Å²) in [5, 5.41) is 15.0. The first-order valence-electron chi connectivity index (χ1n) is 12.6. The summed E-state index contributed by atoms with van der Waals surface area (Å²) < 4.78 is 1.51. The van der Waals surface area contributed by atoms with Gasteiger partial charge in [-0.2, -0.15) is 5.10 Å². The van der Waals surface area contributed by atoms with Gasteiger partial charge >= 0.3 is 0 Å². The monoisotopic (exact) mass is 466 g/mol. The molecule has 8 nitrogen and oxygen atoms in total. The third-order valence-electron chi connectivity index (χ3n) is 8.53. The van der Waals surface area contributed by atoms with E-state index in [-0.39, 0.29) is 42.0 Å². The average molecular weight is 467 g/mol. The molecule has 34 heavy (non-hydrogen) atoms. The van der Waals surface area contributed by atoms with Crippen LogP contribution in [0, 0.1) is 17.3 Å². The highest BCUT2D eigenvalue weighted by Crippen LogP contribution is 2.59. The molecule has 0 spiro atoms. The summed E-state index contributed by atoms with van der Waals surface area (Å²) in [5.74, 6) is 0.362. The predicted octanol–water partition coefficient (Wildman–Crippen LogP) is 2.66. The minimum Gasteiger partial charge on any atom is -0.396 e. The van der Waals surface area contributed by atoms with Crippen molar-refractivity contribution < 1.29 is 19.5 Å². The molecule has 3 fully saturated rings. The molecule has 2 aromatic rings. The van der Waals surface area contributed by atoms with Crippen molar-refractivity contribution in [3.63, 3.8) is 0 Å². The van der Waals surface area contributed by atoms with Gasteiger partial charge in [-0.15, -0.1) is 0 Å². The summed E-state index contributed by atoms with van der Waals surface area (Å²) in [7, 11) is 0. The van der Waals surface area contributed by atoms with Gasteiger partial charge in [0, 0.05) is 23.3 Å². The molecule has 1 aromatic heterocycles. The molecule has 2 heterocycles. The molecule has 5 rings (SSSR count). The molecule has 3 aliphatic rings. The lowest BCUT2D eigenvalue weighted by Crippen LogP contribution is -2.45. The van der Waals surface area contributed by atoms with Crippen LogP contribution in [0.1, 0.15) is 68.8 Å². The number of Topliss-reactive ketones (excluding diaryl/α,β-unsaturated/α-hetero) is 1.